The first-order valence-electron chi connectivity index (χ1n) is 4.95. The Labute approximate surface area is 106 Å². The van der Waals surface area contributed by atoms with E-state index in [0.717, 1.165) is 0 Å². The van der Waals surface area contributed by atoms with E-state index in [1.165, 1.54) is 0 Å². The summed E-state index contributed by atoms with van der Waals surface area (Å²) in [7, 11) is -3.53. The molecule has 0 saturated carbocycles. The van der Waals surface area contributed by atoms with E-state index in [0.29, 0.717) is 10.6 Å². The molecular weight excluding hydrogens is 254 g/mol. The minimum Gasteiger partial charge on any atom is -0.279 e. The second kappa shape index (κ2) is 4.81. The molecule has 2 aromatic rings. The van der Waals surface area contributed by atoms with Crippen LogP contribution in [0.4, 0.5) is 5.69 Å². The molecule has 1 N–H and O–H groups in total. The summed E-state index contributed by atoms with van der Waals surface area (Å²) < 4.78 is 26.5. The third kappa shape index (κ3) is 2.81. The zero-order valence-corrected chi connectivity index (χ0v) is 10.6. The molecule has 88 valence electrons. The second-order valence-corrected chi connectivity index (χ2v) is 5.60. The van der Waals surface area contributed by atoms with E-state index in [1.807, 2.05) is 0 Å². The average molecular weight is 265 g/mol. The van der Waals surface area contributed by atoms with E-state index < -0.39 is 10.0 Å². The van der Waals surface area contributed by atoms with E-state index in [1.54, 1.807) is 54.6 Å². The molecule has 17 heavy (non-hydrogen) atoms. The van der Waals surface area contributed by atoms with Crippen molar-refractivity contribution in [2.75, 3.05) is 4.72 Å². The van der Waals surface area contributed by atoms with Crippen molar-refractivity contribution in [1.29, 1.82) is 0 Å². The summed E-state index contributed by atoms with van der Waals surface area (Å²) in [5.41, 5.74) is 0.472. The molecule has 2 rings (SSSR count). The fourth-order valence-corrected chi connectivity index (χ4v) is 2.76. The van der Waals surface area contributed by atoms with Gasteiger partial charge in [-0.25, -0.2) is 8.42 Å². The van der Waals surface area contributed by atoms with Gasteiger partial charge in [-0.2, -0.15) is 0 Å². The van der Waals surface area contributed by atoms with Crippen LogP contribution in [-0.4, -0.2) is 8.42 Å². The van der Waals surface area contributed by atoms with Crippen molar-refractivity contribution in [3.63, 3.8) is 0 Å². The van der Waals surface area contributed by atoms with Crippen molar-refractivity contribution in [3.05, 3.63) is 54.6 Å². The van der Waals surface area contributed by atoms with Crippen LogP contribution in [0.1, 0.15) is 0 Å². The Hall–Kier alpha value is -1.46. The molecule has 0 radical (unpaired) electrons. The molecule has 0 aliphatic carbocycles. The van der Waals surface area contributed by atoms with Gasteiger partial charge < -0.3 is 0 Å². The molecule has 0 amide bonds. The van der Waals surface area contributed by atoms with Gasteiger partial charge in [0.25, 0.3) is 10.0 Å². The molecule has 0 unspecified atom stereocenters. The van der Waals surface area contributed by atoms with Crippen molar-refractivity contribution >= 4 is 28.3 Å². The lowest BCUT2D eigenvalue weighted by Gasteiger charge is -2.09. The number of anilines is 1. The van der Waals surface area contributed by atoms with Gasteiger partial charge in [-0.05, 0) is 24.3 Å². The first kappa shape index (κ1) is 12.0. The molecule has 0 bridgehead atoms. The fourth-order valence-electron chi connectivity index (χ4n) is 1.36. The number of benzene rings is 2. The van der Waals surface area contributed by atoms with Gasteiger partial charge in [0.1, 0.15) is 0 Å². The Kier molecular flexibility index (Phi) is 3.40. The first-order chi connectivity index (χ1) is 8.09. The maximum atomic E-state index is 12.0. The van der Waals surface area contributed by atoms with Gasteiger partial charge in [0, 0.05) is 4.90 Å². The summed E-state index contributed by atoms with van der Waals surface area (Å²) in [6.45, 7) is 0. The maximum absolute atomic E-state index is 12.0. The van der Waals surface area contributed by atoms with Gasteiger partial charge in [0.2, 0.25) is 0 Å². The molecule has 2 aromatic carbocycles. The lowest BCUT2D eigenvalue weighted by Crippen LogP contribution is -2.13. The van der Waals surface area contributed by atoms with Crippen molar-refractivity contribution in [2.24, 2.45) is 0 Å². The van der Waals surface area contributed by atoms with Crippen LogP contribution in [0.15, 0.2) is 64.4 Å². The number of thiol groups is 1. The Balaban J connectivity index is 2.34. The number of rotatable bonds is 3. The smallest absolute Gasteiger partial charge is 0.261 e. The van der Waals surface area contributed by atoms with Crippen LogP contribution in [0.3, 0.4) is 0 Å². The molecule has 0 aliphatic rings. The number of sulfonamides is 1. The van der Waals surface area contributed by atoms with Crippen molar-refractivity contribution in [1.82, 2.24) is 0 Å². The Bertz CT molecular complexity index is 609. The summed E-state index contributed by atoms with van der Waals surface area (Å²) in [5.74, 6) is 0. The normalized spacial score (nSPS) is 11.1. The van der Waals surface area contributed by atoms with Crippen LogP contribution >= 0.6 is 12.6 Å². The minimum absolute atomic E-state index is 0.233. The fraction of sp³-hybridized carbons (Fsp3) is 0. The maximum Gasteiger partial charge on any atom is 0.261 e. The Morgan fingerprint density at radius 1 is 0.882 bits per heavy atom. The Morgan fingerprint density at radius 2 is 1.47 bits per heavy atom. The van der Waals surface area contributed by atoms with Gasteiger partial charge in [0.15, 0.2) is 0 Å². The van der Waals surface area contributed by atoms with Gasteiger partial charge in [-0.3, -0.25) is 4.72 Å². The number of para-hydroxylation sites is 1. The average Bonchev–Trinajstić information content (AvgIpc) is 2.33. The monoisotopic (exact) mass is 265 g/mol. The van der Waals surface area contributed by atoms with E-state index in [2.05, 4.69) is 17.4 Å². The van der Waals surface area contributed by atoms with Crippen molar-refractivity contribution in [2.45, 2.75) is 9.79 Å². The molecule has 3 nitrogen and oxygen atoms in total. The van der Waals surface area contributed by atoms with Crippen LogP contribution in [0.25, 0.3) is 0 Å². The van der Waals surface area contributed by atoms with E-state index in [4.69, 9.17) is 0 Å². The molecule has 0 heterocycles. The number of hydrogen-bond acceptors (Lipinski definition) is 3. The molecule has 0 aromatic heterocycles. The van der Waals surface area contributed by atoms with Crippen LogP contribution < -0.4 is 4.72 Å². The van der Waals surface area contributed by atoms with Crippen molar-refractivity contribution < 1.29 is 8.42 Å². The Morgan fingerprint density at radius 3 is 2.12 bits per heavy atom. The SMILES string of the molecule is O=S(=O)(Nc1ccccc1S)c1ccccc1. The predicted octanol–water partition coefficient (Wildman–Crippen LogP) is 2.78. The van der Waals surface area contributed by atoms with Gasteiger partial charge in [-0.15, -0.1) is 12.6 Å². The summed E-state index contributed by atoms with van der Waals surface area (Å²) in [6, 6.07) is 15.2. The summed E-state index contributed by atoms with van der Waals surface area (Å²) in [6.07, 6.45) is 0. The third-order valence-electron chi connectivity index (χ3n) is 2.20. The lowest BCUT2D eigenvalue weighted by atomic mass is 10.3. The molecule has 5 heteroatoms. The first-order valence-corrected chi connectivity index (χ1v) is 6.88. The lowest BCUT2D eigenvalue weighted by molar-refractivity contribution is 0.601. The molecule has 0 atom stereocenters. The highest BCUT2D eigenvalue weighted by Gasteiger charge is 2.14. The molecular formula is C12H11NO2S2. The largest absolute Gasteiger partial charge is 0.279 e. The van der Waals surface area contributed by atoms with E-state index >= 15 is 0 Å². The van der Waals surface area contributed by atoms with Gasteiger partial charge in [0.05, 0.1) is 10.6 Å². The molecule has 0 saturated heterocycles. The predicted molar refractivity (Wildman–Crippen MR) is 70.9 cm³/mol. The zero-order chi connectivity index (χ0) is 12.3. The number of nitrogens with one attached hydrogen (secondary N) is 1. The van der Waals surface area contributed by atoms with Crippen LogP contribution in [0.5, 0.6) is 0 Å². The standard InChI is InChI=1S/C12H11NO2S2/c14-17(15,10-6-2-1-3-7-10)13-11-8-4-5-9-12(11)16/h1-9,13,16H. The van der Waals surface area contributed by atoms with E-state index in [9.17, 15) is 8.42 Å². The highest BCUT2D eigenvalue weighted by Crippen LogP contribution is 2.22. The van der Waals surface area contributed by atoms with Crippen LogP contribution in [0, 0.1) is 0 Å². The quantitative estimate of drug-likeness (QED) is 0.838. The second-order valence-electron chi connectivity index (χ2n) is 3.44. The highest BCUT2D eigenvalue weighted by molar-refractivity contribution is 7.92. The zero-order valence-electron chi connectivity index (χ0n) is 8.87. The summed E-state index contributed by atoms with van der Waals surface area (Å²) in [4.78, 5) is 0.823. The van der Waals surface area contributed by atoms with Gasteiger partial charge >= 0.3 is 0 Å². The summed E-state index contributed by atoms with van der Waals surface area (Å²) in [5, 5.41) is 0. The minimum atomic E-state index is -3.53. The molecule has 0 fully saturated rings. The molecule has 0 spiro atoms. The summed E-state index contributed by atoms with van der Waals surface area (Å²) >= 11 is 4.20. The highest BCUT2D eigenvalue weighted by atomic mass is 32.2. The van der Waals surface area contributed by atoms with E-state index in [-0.39, 0.29) is 4.90 Å². The molecule has 0 aliphatic heterocycles. The van der Waals surface area contributed by atoms with Crippen LogP contribution in [0.2, 0.25) is 0 Å². The van der Waals surface area contributed by atoms with Crippen molar-refractivity contribution in [3.8, 4) is 0 Å². The van der Waals surface area contributed by atoms with Crippen LogP contribution in [-0.2, 0) is 10.0 Å². The topological polar surface area (TPSA) is 46.2 Å². The van der Waals surface area contributed by atoms with Gasteiger partial charge in [-0.1, -0.05) is 30.3 Å². The number of hydrogen-bond donors (Lipinski definition) is 2. The third-order valence-corrected chi connectivity index (χ3v) is 3.97.